The molecule has 0 spiro atoms. The second-order valence-corrected chi connectivity index (χ2v) is 9.48. The maximum Gasteiger partial charge on any atom is 0.193 e. The number of hydrogen-bond acceptors (Lipinski definition) is 6. The zero-order chi connectivity index (χ0) is 20.5. The predicted molar refractivity (Wildman–Crippen MR) is 101 cm³/mol. The van der Waals surface area contributed by atoms with E-state index in [4.69, 9.17) is 4.74 Å². The minimum atomic E-state index is -1.51. The molecule has 8 atom stereocenters. The lowest BCUT2D eigenvalue weighted by Crippen LogP contribution is -2.64. The maximum atomic E-state index is 12.8. The molecule has 0 radical (unpaired) electrons. The molecule has 0 aliphatic heterocycles. The van der Waals surface area contributed by atoms with Crippen LogP contribution in [0, 0.1) is 28.6 Å². The molecule has 154 valence electrons. The van der Waals surface area contributed by atoms with E-state index >= 15 is 0 Å². The summed E-state index contributed by atoms with van der Waals surface area (Å²) in [6, 6.07) is 0. The van der Waals surface area contributed by atoms with Crippen LogP contribution in [0.4, 0.5) is 0 Å². The van der Waals surface area contributed by atoms with Crippen molar-refractivity contribution >= 4 is 11.6 Å². The third-order valence-electron chi connectivity index (χ3n) is 8.56. The highest BCUT2D eigenvalue weighted by molar-refractivity contribution is 6.01. The van der Waals surface area contributed by atoms with Crippen molar-refractivity contribution in [2.45, 2.75) is 57.3 Å². The number of allylic oxidation sites excluding steroid dienone is 4. The van der Waals surface area contributed by atoms with Crippen LogP contribution in [0.3, 0.4) is 0 Å². The number of methoxy groups -OCH3 is 1. The number of carbonyl (C=O) groups excluding carboxylic acids is 2. The first-order chi connectivity index (χ1) is 13.2. The average molecular weight is 390 g/mol. The Morgan fingerprint density at radius 3 is 2.68 bits per heavy atom. The van der Waals surface area contributed by atoms with Gasteiger partial charge in [0.2, 0.25) is 0 Å². The lowest BCUT2D eigenvalue weighted by Gasteiger charge is -2.59. The highest BCUT2D eigenvalue weighted by atomic mass is 16.5. The van der Waals surface area contributed by atoms with Gasteiger partial charge in [0.1, 0.15) is 6.61 Å². The summed E-state index contributed by atoms with van der Waals surface area (Å²) in [6.07, 6.45) is 5.76. The Kier molecular flexibility index (Phi) is 4.51. The van der Waals surface area contributed by atoms with E-state index in [1.54, 1.807) is 12.2 Å². The molecule has 6 nitrogen and oxygen atoms in total. The first-order valence-corrected chi connectivity index (χ1v) is 10.2. The van der Waals surface area contributed by atoms with E-state index in [1.165, 1.54) is 7.11 Å². The van der Waals surface area contributed by atoms with Gasteiger partial charge in [-0.15, -0.1) is 0 Å². The predicted octanol–water partition coefficient (Wildman–Crippen LogP) is 1.18. The molecule has 3 fully saturated rings. The fraction of sp³-hybridized carbons (Fsp3) is 0.727. The van der Waals surface area contributed by atoms with E-state index in [0.717, 1.165) is 18.4 Å². The zero-order valence-corrected chi connectivity index (χ0v) is 16.7. The normalized spacial score (nSPS) is 49.9. The lowest BCUT2D eigenvalue weighted by molar-refractivity contribution is -0.199. The van der Waals surface area contributed by atoms with Crippen molar-refractivity contribution < 1.29 is 29.6 Å². The number of Topliss-reactive ketones (excluding diaryl/α,β-unsaturated/α-hetero) is 1. The molecule has 4 rings (SSSR count). The molecular weight excluding hydrogens is 360 g/mol. The van der Waals surface area contributed by atoms with E-state index < -0.39 is 41.0 Å². The summed E-state index contributed by atoms with van der Waals surface area (Å²) >= 11 is 0. The van der Waals surface area contributed by atoms with Gasteiger partial charge in [-0.3, -0.25) is 9.59 Å². The van der Waals surface area contributed by atoms with Gasteiger partial charge in [-0.05, 0) is 49.7 Å². The summed E-state index contributed by atoms with van der Waals surface area (Å²) in [5.41, 5.74) is -1.62. The molecule has 0 aromatic rings. The fourth-order valence-electron chi connectivity index (χ4n) is 7.43. The quantitative estimate of drug-likeness (QED) is 0.669. The Morgan fingerprint density at radius 1 is 1.32 bits per heavy atom. The average Bonchev–Trinajstić information content (AvgIpc) is 2.88. The second kappa shape index (κ2) is 6.33. The van der Waals surface area contributed by atoms with Gasteiger partial charge in [0.05, 0.1) is 12.2 Å². The standard InChI is InChI=1S/C22H30O6/c1-20-7-6-13(24)8-12(20)4-5-14-15-9-17(26)22(28-3,18(27)11-23)21(15,2)10-16(25)19(14)20/h6-8,14-17,19,23,25-26H,4-5,9-11H2,1-3H3/t14-,15-,16-,17+,19?,20-,21-,22-/m0/s1. The largest absolute Gasteiger partial charge is 0.393 e. The van der Waals surface area contributed by atoms with Gasteiger partial charge in [0.25, 0.3) is 0 Å². The smallest absolute Gasteiger partial charge is 0.193 e. The van der Waals surface area contributed by atoms with Crippen LogP contribution < -0.4 is 0 Å². The summed E-state index contributed by atoms with van der Waals surface area (Å²) in [6.45, 7) is 3.30. The summed E-state index contributed by atoms with van der Waals surface area (Å²) in [5.74, 6) is -0.546. The maximum absolute atomic E-state index is 12.8. The van der Waals surface area contributed by atoms with Crippen LogP contribution in [0.2, 0.25) is 0 Å². The van der Waals surface area contributed by atoms with E-state index in [1.807, 2.05) is 13.0 Å². The SMILES string of the molecule is CO[C@]1(C(=O)CO)[C@H](O)C[C@H]2[C@@H]3CCC4=CC(=O)C=C[C@]4(C)C3[C@@H](O)C[C@@]21C. The van der Waals surface area contributed by atoms with Gasteiger partial charge >= 0.3 is 0 Å². The summed E-state index contributed by atoms with van der Waals surface area (Å²) in [5, 5.41) is 31.8. The Balaban J connectivity index is 1.79. The molecule has 0 amide bonds. The molecule has 3 saturated carbocycles. The minimum absolute atomic E-state index is 0.00991. The molecule has 4 aliphatic carbocycles. The third-order valence-corrected chi connectivity index (χ3v) is 8.56. The number of rotatable bonds is 3. The Morgan fingerprint density at radius 2 is 2.04 bits per heavy atom. The molecule has 0 heterocycles. The van der Waals surface area contributed by atoms with E-state index in [2.05, 4.69) is 6.92 Å². The molecular formula is C22H30O6. The first kappa shape index (κ1) is 20.0. The van der Waals surface area contributed by atoms with Crippen molar-refractivity contribution in [1.82, 2.24) is 0 Å². The third kappa shape index (κ3) is 2.23. The molecule has 1 unspecified atom stereocenters. The van der Waals surface area contributed by atoms with Crippen molar-refractivity contribution in [3.8, 4) is 0 Å². The number of ether oxygens (including phenoxy) is 1. The molecule has 0 aromatic carbocycles. The molecule has 6 heteroatoms. The van der Waals surface area contributed by atoms with Gasteiger partial charge in [-0.1, -0.05) is 25.5 Å². The van der Waals surface area contributed by atoms with E-state index in [0.29, 0.717) is 12.8 Å². The molecule has 0 aromatic heterocycles. The summed E-state index contributed by atoms with van der Waals surface area (Å²) in [7, 11) is 1.40. The highest BCUT2D eigenvalue weighted by Gasteiger charge is 2.72. The number of carbonyl (C=O) groups is 2. The number of fused-ring (bicyclic) bond motifs is 5. The van der Waals surface area contributed by atoms with Crippen LogP contribution in [-0.4, -0.2) is 58.4 Å². The fourth-order valence-corrected chi connectivity index (χ4v) is 7.43. The Labute approximate surface area is 165 Å². The summed E-state index contributed by atoms with van der Waals surface area (Å²) in [4.78, 5) is 24.6. The first-order valence-electron chi connectivity index (χ1n) is 10.2. The van der Waals surface area contributed by atoms with E-state index in [-0.39, 0.29) is 23.5 Å². The van der Waals surface area contributed by atoms with Crippen molar-refractivity contribution in [2.75, 3.05) is 13.7 Å². The molecule has 3 N–H and O–H groups in total. The Bertz CT molecular complexity index is 771. The topological polar surface area (TPSA) is 104 Å². The van der Waals surface area contributed by atoms with Crippen molar-refractivity contribution in [3.63, 3.8) is 0 Å². The molecule has 0 saturated heterocycles. The number of aliphatic hydroxyl groups excluding tert-OH is 3. The van der Waals surface area contributed by atoms with Crippen LogP contribution >= 0.6 is 0 Å². The van der Waals surface area contributed by atoms with Crippen molar-refractivity contribution in [1.29, 1.82) is 0 Å². The number of aliphatic hydroxyl groups is 3. The van der Waals surface area contributed by atoms with Gasteiger partial charge in [-0.2, -0.15) is 0 Å². The van der Waals surface area contributed by atoms with Gasteiger partial charge < -0.3 is 20.1 Å². The molecule has 4 aliphatic rings. The van der Waals surface area contributed by atoms with Crippen LogP contribution in [0.1, 0.15) is 39.5 Å². The van der Waals surface area contributed by atoms with Crippen LogP contribution in [0.5, 0.6) is 0 Å². The molecule has 28 heavy (non-hydrogen) atoms. The number of hydrogen-bond donors (Lipinski definition) is 3. The molecule has 0 bridgehead atoms. The van der Waals surface area contributed by atoms with Crippen LogP contribution in [-0.2, 0) is 14.3 Å². The lowest BCUT2D eigenvalue weighted by atomic mass is 9.46. The van der Waals surface area contributed by atoms with Gasteiger partial charge in [0, 0.05) is 23.9 Å². The van der Waals surface area contributed by atoms with Crippen molar-refractivity contribution in [3.05, 3.63) is 23.8 Å². The highest BCUT2D eigenvalue weighted by Crippen LogP contribution is 2.67. The summed E-state index contributed by atoms with van der Waals surface area (Å²) < 4.78 is 5.67. The Hall–Kier alpha value is -1.34. The van der Waals surface area contributed by atoms with Gasteiger partial charge in [-0.25, -0.2) is 0 Å². The van der Waals surface area contributed by atoms with E-state index in [9.17, 15) is 24.9 Å². The van der Waals surface area contributed by atoms with Crippen molar-refractivity contribution in [2.24, 2.45) is 28.6 Å². The van der Waals surface area contributed by atoms with Gasteiger partial charge in [0.15, 0.2) is 17.2 Å². The monoisotopic (exact) mass is 390 g/mol. The number of ketones is 2. The van der Waals surface area contributed by atoms with Crippen LogP contribution in [0.25, 0.3) is 0 Å². The minimum Gasteiger partial charge on any atom is -0.393 e. The zero-order valence-electron chi connectivity index (χ0n) is 16.7. The van der Waals surface area contributed by atoms with Crippen LogP contribution in [0.15, 0.2) is 23.8 Å². The second-order valence-electron chi connectivity index (χ2n) is 9.48.